The molecule has 1 aliphatic carbocycles. The van der Waals surface area contributed by atoms with Crippen molar-refractivity contribution in [3.8, 4) is 11.5 Å². The summed E-state index contributed by atoms with van der Waals surface area (Å²) in [5.41, 5.74) is 1.16. The monoisotopic (exact) mass is 253 g/mol. The summed E-state index contributed by atoms with van der Waals surface area (Å²) in [7, 11) is 0. The van der Waals surface area contributed by atoms with Gasteiger partial charge in [0.05, 0.1) is 5.02 Å². The van der Waals surface area contributed by atoms with Crippen LogP contribution in [0.25, 0.3) is 0 Å². The standard InChI is InChI=1S/C13H16ClNO2/c14-11-6-9(8-15-10-2-1-3-10)7-12-13(11)17-5-4-16-12/h6-7,10,15H,1-5,8H2. The Balaban J connectivity index is 1.73. The van der Waals surface area contributed by atoms with Gasteiger partial charge in [0.1, 0.15) is 13.2 Å². The summed E-state index contributed by atoms with van der Waals surface area (Å²) in [6.45, 7) is 2.02. The molecule has 1 aromatic rings. The van der Waals surface area contributed by atoms with Crippen molar-refractivity contribution in [2.45, 2.75) is 31.8 Å². The summed E-state index contributed by atoms with van der Waals surface area (Å²) in [6.07, 6.45) is 3.93. The smallest absolute Gasteiger partial charge is 0.179 e. The van der Waals surface area contributed by atoms with E-state index in [2.05, 4.69) is 5.32 Å². The number of ether oxygens (including phenoxy) is 2. The zero-order chi connectivity index (χ0) is 11.7. The summed E-state index contributed by atoms with van der Waals surface area (Å²) >= 11 is 6.18. The molecule has 0 bridgehead atoms. The van der Waals surface area contributed by atoms with Crippen LogP contribution >= 0.6 is 11.6 Å². The number of halogens is 1. The van der Waals surface area contributed by atoms with Gasteiger partial charge in [-0.2, -0.15) is 0 Å². The topological polar surface area (TPSA) is 30.5 Å². The molecule has 0 aromatic heterocycles. The Morgan fingerprint density at radius 3 is 2.82 bits per heavy atom. The van der Waals surface area contributed by atoms with E-state index in [1.165, 1.54) is 19.3 Å². The third-order valence-electron chi connectivity index (χ3n) is 3.36. The molecule has 2 aliphatic rings. The number of benzene rings is 1. The van der Waals surface area contributed by atoms with Gasteiger partial charge in [0.25, 0.3) is 0 Å². The molecule has 1 saturated carbocycles. The van der Waals surface area contributed by atoms with Gasteiger partial charge in [0.15, 0.2) is 11.5 Å². The summed E-state index contributed by atoms with van der Waals surface area (Å²) in [4.78, 5) is 0. The van der Waals surface area contributed by atoms with Gasteiger partial charge in [-0.1, -0.05) is 18.0 Å². The van der Waals surface area contributed by atoms with Crippen LogP contribution in [-0.2, 0) is 6.54 Å². The molecule has 0 amide bonds. The molecule has 92 valence electrons. The molecule has 0 radical (unpaired) electrons. The second-order valence-electron chi connectivity index (χ2n) is 4.61. The first-order valence-corrected chi connectivity index (χ1v) is 6.52. The van der Waals surface area contributed by atoms with Crippen LogP contribution in [0.1, 0.15) is 24.8 Å². The molecule has 0 atom stereocenters. The minimum absolute atomic E-state index is 0.576. The molecule has 0 saturated heterocycles. The van der Waals surface area contributed by atoms with Gasteiger partial charge in [0, 0.05) is 12.6 Å². The molecule has 3 nitrogen and oxygen atoms in total. The van der Waals surface area contributed by atoms with Crippen molar-refractivity contribution >= 4 is 11.6 Å². The van der Waals surface area contributed by atoms with Crippen LogP contribution in [0.3, 0.4) is 0 Å². The lowest BCUT2D eigenvalue weighted by atomic mass is 9.93. The van der Waals surface area contributed by atoms with E-state index in [0.29, 0.717) is 30.0 Å². The third-order valence-corrected chi connectivity index (χ3v) is 3.64. The number of hydrogen-bond donors (Lipinski definition) is 1. The number of hydrogen-bond acceptors (Lipinski definition) is 3. The average molecular weight is 254 g/mol. The predicted octanol–water partition coefficient (Wildman–Crippen LogP) is 2.75. The summed E-state index contributed by atoms with van der Waals surface area (Å²) in [5.74, 6) is 1.46. The van der Waals surface area contributed by atoms with E-state index < -0.39 is 0 Å². The fourth-order valence-electron chi connectivity index (χ4n) is 2.14. The molecule has 17 heavy (non-hydrogen) atoms. The van der Waals surface area contributed by atoms with Crippen LogP contribution in [0.15, 0.2) is 12.1 Å². The van der Waals surface area contributed by atoms with Gasteiger partial charge in [-0.3, -0.25) is 0 Å². The van der Waals surface area contributed by atoms with Gasteiger partial charge in [-0.25, -0.2) is 0 Å². The largest absolute Gasteiger partial charge is 0.486 e. The third kappa shape index (κ3) is 2.35. The molecular formula is C13H16ClNO2. The van der Waals surface area contributed by atoms with E-state index in [4.69, 9.17) is 21.1 Å². The van der Waals surface area contributed by atoms with E-state index in [-0.39, 0.29) is 0 Å². The van der Waals surface area contributed by atoms with Crippen LogP contribution < -0.4 is 14.8 Å². The van der Waals surface area contributed by atoms with E-state index in [9.17, 15) is 0 Å². The Morgan fingerprint density at radius 1 is 1.24 bits per heavy atom. The minimum atomic E-state index is 0.576. The van der Waals surface area contributed by atoms with Crippen LogP contribution in [0.5, 0.6) is 11.5 Å². The first kappa shape index (κ1) is 11.2. The van der Waals surface area contributed by atoms with Crippen molar-refractivity contribution in [1.82, 2.24) is 5.32 Å². The first-order chi connectivity index (χ1) is 8.33. The first-order valence-electron chi connectivity index (χ1n) is 6.14. The Kier molecular flexibility index (Phi) is 3.12. The van der Waals surface area contributed by atoms with E-state index in [1.54, 1.807) is 0 Å². The zero-order valence-electron chi connectivity index (χ0n) is 9.67. The molecule has 0 spiro atoms. The molecule has 4 heteroatoms. The lowest BCUT2D eigenvalue weighted by molar-refractivity contribution is 0.171. The Labute approximate surface area is 106 Å². The zero-order valence-corrected chi connectivity index (χ0v) is 10.4. The highest BCUT2D eigenvalue weighted by Crippen LogP contribution is 2.38. The highest BCUT2D eigenvalue weighted by atomic mass is 35.5. The van der Waals surface area contributed by atoms with Gasteiger partial charge >= 0.3 is 0 Å². The second kappa shape index (κ2) is 4.75. The highest BCUT2D eigenvalue weighted by molar-refractivity contribution is 6.32. The quantitative estimate of drug-likeness (QED) is 0.899. The molecule has 1 aliphatic heterocycles. The maximum Gasteiger partial charge on any atom is 0.179 e. The molecular weight excluding hydrogens is 238 g/mol. The van der Waals surface area contributed by atoms with Crippen LogP contribution in [0, 0.1) is 0 Å². The fourth-order valence-corrected chi connectivity index (χ4v) is 2.43. The molecule has 1 fully saturated rings. The normalized spacial score (nSPS) is 18.9. The van der Waals surface area contributed by atoms with Crippen LogP contribution in [0.2, 0.25) is 5.02 Å². The van der Waals surface area contributed by atoms with Gasteiger partial charge in [0.2, 0.25) is 0 Å². The van der Waals surface area contributed by atoms with Crippen LogP contribution in [0.4, 0.5) is 0 Å². The van der Waals surface area contributed by atoms with E-state index >= 15 is 0 Å². The summed E-state index contributed by atoms with van der Waals surface area (Å²) in [5, 5.41) is 4.16. The maximum atomic E-state index is 6.18. The maximum absolute atomic E-state index is 6.18. The van der Waals surface area contributed by atoms with Gasteiger partial charge in [-0.05, 0) is 30.5 Å². The van der Waals surface area contributed by atoms with Crippen molar-refractivity contribution in [2.24, 2.45) is 0 Å². The van der Waals surface area contributed by atoms with Crippen molar-refractivity contribution in [3.63, 3.8) is 0 Å². The van der Waals surface area contributed by atoms with Crippen molar-refractivity contribution in [1.29, 1.82) is 0 Å². The SMILES string of the molecule is Clc1cc(CNC2CCC2)cc2c1OCCO2. The molecule has 1 aromatic carbocycles. The molecule has 3 rings (SSSR count). The van der Waals surface area contributed by atoms with Gasteiger partial charge in [-0.15, -0.1) is 0 Å². The molecule has 1 heterocycles. The lowest BCUT2D eigenvalue weighted by Crippen LogP contribution is -2.34. The fraction of sp³-hybridized carbons (Fsp3) is 0.538. The number of nitrogens with one attached hydrogen (secondary N) is 1. The predicted molar refractivity (Wildman–Crippen MR) is 66.9 cm³/mol. The second-order valence-corrected chi connectivity index (χ2v) is 5.02. The van der Waals surface area contributed by atoms with E-state index in [1.807, 2.05) is 12.1 Å². The summed E-state index contributed by atoms with van der Waals surface area (Å²) < 4.78 is 11.0. The average Bonchev–Trinajstić information content (AvgIpc) is 2.27. The summed E-state index contributed by atoms with van der Waals surface area (Å²) in [6, 6.07) is 4.66. The van der Waals surface area contributed by atoms with Crippen molar-refractivity contribution in [2.75, 3.05) is 13.2 Å². The molecule has 1 N–H and O–H groups in total. The Bertz CT molecular complexity index is 418. The lowest BCUT2D eigenvalue weighted by Gasteiger charge is -2.27. The van der Waals surface area contributed by atoms with Crippen LogP contribution in [-0.4, -0.2) is 19.3 Å². The van der Waals surface area contributed by atoms with Crippen molar-refractivity contribution < 1.29 is 9.47 Å². The highest BCUT2D eigenvalue weighted by Gasteiger charge is 2.19. The Morgan fingerprint density at radius 2 is 2.06 bits per heavy atom. The van der Waals surface area contributed by atoms with E-state index in [0.717, 1.165) is 17.9 Å². The number of rotatable bonds is 3. The van der Waals surface area contributed by atoms with Gasteiger partial charge < -0.3 is 14.8 Å². The molecule has 0 unspecified atom stereocenters. The number of fused-ring (bicyclic) bond motifs is 1. The van der Waals surface area contributed by atoms with Crippen molar-refractivity contribution in [3.05, 3.63) is 22.7 Å². The Hall–Kier alpha value is -0.930. The minimum Gasteiger partial charge on any atom is -0.486 e.